The van der Waals surface area contributed by atoms with Crippen molar-refractivity contribution < 1.29 is 4.79 Å². The molecule has 2 aliphatic rings. The maximum Gasteiger partial charge on any atom is 0.283 e. The smallest absolute Gasteiger partial charge is 0.283 e. The number of fused-ring (bicyclic) bond motifs is 1. The molecule has 27 heavy (non-hydrogen) atoms. The molecule has 8 heteroatoms. The zero-order valence-electron chi connectivity index (χ0n) is 14.5. The van der Waals surface area contributed by atoms with Gasteiger partial charge in [0.25, 0.3) is 5.91 Å². The summed E-state index contributed by atoms with van der Waals surface area (Å²) in [5.41, 5.74) is 3.69. The second-order valence-electron chi connectivity index (χ2n) is 6.14. The van der Waals surface area contributed by atoms with Crippen LogP contribution in [0.4, 0.5) is 0 Å². The quantitative estimate of drug-likeness (QED) is 0.686. The molecule has 1 aromatic carbocycles. The van der Waals surface area contributed by atoms with E-state index in [0.29, 0.717) is 15.2 Å². The predicted octanol–water partition coefficient (Wildman–Crippen LogP) is 5.18. The molecule has 0 radical (unpaired) electrons. The molecule has 2 aliphatic heterocycles. The van der Waals surface area contributed by atoms with Gasteiger partial charge in [-0.3, -0.25) is 15.1 Å². The minimum Gasteiger partial charge on any atom is -0.316 e. The number of hydrogen-bond donors (Lipinski definition) is 1. The van der Waals surface area contributed by atoms with Crippen LogP contribution in [0.2, 0.25) is 10.0 Å². The molecule has 0 saturated carbocycles. The van der Waals surface area contributed by atoms with Crippen LogP contribution in [0.1, 0.15) is 17.0 Å². The number of halogens is 2. The van der Waals surface area contributed by atoms with Crippen molar-refractivity contribution in [1.82, 2.24) is 9.47 Å². The Morgan fingerprint density at radius 3 is 2.78 bits per heavy atom. The van der Waals surface area contributed by atoms with Gasteiger partial charge in [-0.25, -0.2) is 0 Å². The molecule has 5 nitrogen and oxygen atoms in total. The van der Waals surface area contributed by atoms with Gasteiger partial charge in [-0.05, 0) is 55.2 Å². The fraction of sp³-hybridized carbons (Fsp3) is 0.105. The first-order valence-electron chi connectivity index (χ1n) is 8.07. The van der Waals surface area contributed by atoms with Gasteiger partial charge in [0.05, 0.1) is 16.3 Å². The highest BCUT2D eigenvalue weighted by molar-refractivity contribution is 8.16. The second-order valence-corrected chi connectivity index (χ2v) is 7.85. The Morgan fingerprint density at radius 2 is 2.00 bits per heavy atom. The number of thioether (sulfide) groups is 1. The van der Waals surface area contributed by atoms with Crippen LogP contribution in [0.25, 0.3) is 11.8 Å². The minimum absolute atomic E-state index is 0.122. The predicted molar refractivity (Wildman–Crippen MR) is 112 cm³/mol. The van der Waals surface area contributed by atoms with Crippen LogP contribution in [0.3, 0.4) is 0 Å². The molecular formula is C19H14Cl2N4OS. The number of aryl methyl sites for hydroxylation is 1. The first kappa shape index (κ1) is 18.1. The third-order valence-electron chi connectivity index (χ3n) is 4.43. The molecule has 0 fully saturated rings. The highest BCUT2D eigenvalue weighted by Crippen LogP contribution is 2.31. The molecule has 0 bridgehead atoms. The van der Waals surface area contributed by atoms with Gasteiger partial charge in [-0.15, -0.1) is 0 Å². The van der Waals surface area contributed by atoms with Gasteiger partial charge in [0, 0.05) is 22.6 Å². The van der Waals surface area contributed by atoms with E-state index in [1.54, 1.807) is 40.8 Å². The van der Waals surface area contributed by atoms with Crippen LogP contribution in [0, 0.1) is 19.3 Å². The van der Waals surface area contributed by atoms with Crippen molar-refractivity contribution in [2.24, 2.45) is 4.99 Å². The monoisotopic (exact) mass is 416 g/mol. The lowest BCUT2D eigenvalue weighted by molar-refractivity contribution is -0.114. The standard InChI is InChI=1S/C19H14Cl2N4OS/c1-10-7-12(11(2)25(10)16-9-13(20)3-4-15(16)21)8-14-17(22)24-5-6-27-19(24)23-18(14)26/h3-9,22H,1-2H3/b14-8-,22-17?. The summed E-state index contributed by atoms with van der Waals surface area (Å²) in [6.45, 7) is 3.89. The Labute approximate surface area is 170 Å². The van der Waals surface area contributed by atoms with Crippen LogP contribution in [-0.2, 0) is 4.79 Å². The number of nitrogens with zero attached hydrogens (tertiary/aromatic N) is 3. The highest BCUT2D eigenvalue weighted by atomic mass is 35.5. The zero-order valence-corrected chi connectivity index (χ0v) is 16.8. The van der Waals surface area contributed by atoms with Crippen LogP contribution in [0.5, 0.6) is 0 Å². The summed E-state index contributed by atoms with van der Waals surface area (Å²) in [5.74, 6) is -0.287. The van der Waals surface area contributed by atoms with Crippen molar-refractivity contribution in [3.05, 3.63) is 68.4 Å². The Kier molecular flexibility index (Phi) is 4.50. The Balaban J connectivity index is 1.82. The molecule has 0 saturated heterocycles. The third-order valence-corrected chi connectivity index (χ3v) is 5.74. The van der Waals surface area contributed by atoms with Gasteiger partial charge in [-0.2, -0.15) is 4.99 Å². The van der Waals surface area contributed by atoms with Gasteiger partial charge in [0.1, 0.15) is 5.84 Å². The SMILES string of the molecule is Cc1cc(/C=C2/C(=N)N3C=CSC3=NC2=O)c(C)n1-c1cc(Cl)ccc1Cl. The Hall–Kier alpha value is -2.28. The average Bonchev–Trinajstić information content (AvgIpc) is 3.19. The lowest BCUT2D eigenvalue weighted by Gasteiger charge is -2.22. The number of aromatic nitrogens is 1. The lowest BCUT2D eigenvalue weighted by Crippen LogP contribution is -2.35. The van der Waals surface area contributed by atoms with E-state index in [1.807, 2.05) is 24.5 Å². The first-order chi connectivity index (χ1) is 12.9. The van der Waals surface area contributed by atoms with E-state index in [9.17, 15) is 4.79 Å². The molecule has 0 atom stereocenters. The summed E-state index contributed by atoms with van der Waals surface area (Å²) in [4.78, 5) is 18.1. The molecule has 1 N–H and O–H groups in total. The normalized spacial score (nSPS) is 17.7. The molecule has 1 amide bonds. The molecule has 1 aromatic heterocycles. The van der Waals surface area contributed by atoms with Crippen LogP contribution in [0.15, 0.2) is 46.4 Å². The lowest BCUT2D eigenvalue weighted by atomic mass is 10.1. The van der Waals surface area contributed by atoms with E-state index < -0.39 is 5.91 Å². The van der Waals surface area contributed by atoms with Crippen molar-refractivity contribution in [2.45, 2.75) is 13.8 Å². The van der Waals surface area contributed by atoms with Crippen LogP contribution in [-0.4, -0.2) is 26.4 Å². The molecule has 2 aromatic rings. The fourth-order valence-corrected chi connectivity index (χ4v) is 4.22. The summed E-state index contributed by atoms with van der Waals surface area (Å²) in [7, 11) is 0. The number of rotatable bonds is 2. The Morgan fingerprint density at radius 1 is 1.22 bits per heavy atom. The molecule has 0 aliphatic carbocycles. The number of aliphatic imine (C=N–C) groups is 1. The number of hydrogen-bond acceptors (Lipinski definition) is 3. The van der Waals surface area contributed by atoms with E-state index in [0.717, 1.165) is 22.6 Å². The molecule has 4 rings (SSSR count). The second kappa shape index (κ2) is 6.71. The first-order valence-corrected chi connectivity index (χ1v) is 9.71. The van der Waals surface area contributed by atoms with E-state index in [-0.39, 0.29) is 11.4 Å². The molecular weight excluding hydrogens is 403 g/mol. The third kappa shape index (κ3) is 3.04. The maximum absolute atomic E-state index is 12.4. The van der Waals surface area contributed by atoms with Crippen molar-refractivity contribution in [3.63, 3.8) is 0 Å². The fourth-order valence-electron chi connectivity index (χ4n) is 3.15. The minimum atomic E-state index is -0.409. The summed E-state index contributed by atoms with van der Waals surface area (Å²) in [5, 5.41) is 11.8. The van der Waals surface area contributed by atoms with E-state index in [4.69, 9.17) is 28.6 Å². The number of nitrogens with one attached hydrogen (secondary N) is 1. The van der Waals surface area contributed by atoms with Crippen molar-refractivity contribution >= 4 is 58.0 Å². The summed E-state index contributed by atoms with van der Waals surface area (Å²) < 4.78 is 1.98. The van der Waals surface area contributed by atoms with Crippen molar-refractivity contribution in [3.8, 4) is 5.69 Å². The number of carbonyl (C=O) groups excluding carboxylic acids is 1. The number of benzene rings is 1. The van der Waals surface area contributed by atoms with Gasteiger partial charge in [0.15, 0.2) is 5.17 Å². The van der Waals surface area contributed by atoms with Crippen LogP contribution >= 0.6 is 35.0 Å². The summed E-state index contributed by atoms with van der Waals surface area (Å²) >= 11 is 13.8. The molecule has 0 spiro atoms. The number of carbonyl (C=O) groups is 1. The maximum atomic E-state index is 12.4. The van der Waals surface area contributed by atoms with Crippen LogP contribution < -0.4 is 0 Å². The highest BCUT2D eigenvalue weighted by Gasteiger charge is 2.31. The summed E-state index contributed by atoms with van der Waals surface area (Å²) in [6.07, 6.45) is 3.44. The number of amidine groups is 2. The van der Waals surface area contributed by atoms with E-state index >= 15 is 0 Å². The van der Waals surface area contributed by atoms with E-state index in [1.165, 1.54) is 11.8 Å². The largest absolute Gasteiger partial charge is 0.316 e. The van der Waals surface area contributed by atoms with Gasteiger partial charge in [0.2, 0.25) is 0 Å². The summed E-state index contributed by atoms with van der Waals surface area (Å²) in [6, 6.07) is 7.25. The zero-order chi connectivity index (χ0) is 19.3. The Bertz CT molecular complexity index is 1100. The van der Waals surface area contributed by atoms with E-state index in [2.05, 4.69) is 4.99 Å². The van der Waals surface area contributed by atoms with Crippen molar-refractivity contribution in [1.29, 1.82) is 5.41 Å². The van der Waals surface area contributed by atoms with Gasteiger partial charge in [-0.1, -0.05) is 35.0 Å². The molecule has 136 valence electrons. The van der Waals surface area contributed by atoms with Gasteiger partial charge >= 0.3 is 0 Å². The topological polar surface area (TPSA) is 61.5 Å². The molecule has 3 heterocycles. The average molecular weight is 417 g/mol. The van der Waals surface area contributed by atoms with Gasteiger partial charge < -0.3 is 4.57 Å². The molecule has 0 unspecified atom stereocenters. The van der Waals surface area contributed by atoms with Crippen molar-refractivity contribution in [2.75, 3.05) is 0 Å². The number of amides is 1.